The summed E-state index contributed by atoms with van der Waals surface area (Å²) >= 11 is 0. The van der Waals surface area contributed by atoms with Crippen LogP contribution in [-0.2, 0) is 4.65 Å². The van der Waals surface area contributed by atoms with Gasteiger partial charge in [-0.05, 0) is 6.42 Å². The average molecular weight is 159 g/mol. The molecule has 0 spiro atoms. The molecule has 0 saturated heterocycles. The third-order valence-electron chi connectivity index (χ3n) is 0.702. The van der Waals surface area contributed by atoms with E-state index in [0.717, 1.165) is 6.61 Å². The maximum absolute atomic E-state index is 4.78. The molecule has 0 aliphatic heterocycles. The minimum atomic E-state index is 0. The van der Waals surface area contributed by atoms with Crippen molar-refractivity contribution in [2.45, 2.75) is 19.8 Å². The molecule has 1 nitrogen and oxygen atoms in total. The minimum Gasteiger partial charge on any atom is -0.444 e. The van der Waals surface area contributed by atoms with Crippen molar-refractivity contribution < 1.29 is 4.65 Å². The zero-order valence-electron chi connectivity index (χ0n) is 5.35. The summed E-state index contributed by atoms with van der Waals surface area (Å²) < 4.78 is 4.78. The first-order chi connectivity index (χ1) is 2.91. The molecule has 52 valence electrons. The van der Waals surface area contributed by atoms with Crippen molar-refractivity contribution in [1.82, 2.24) is 0 Å². The van der Waals surface area contributed by atoms with E-state index in [4.69, 9.17) is 4.65 Å². The van der Waals surface area contributed by atoms with Gasteiger partial charge in [-0.15, -0.1) is 24.8 Å². The van der Waals surface area contributed by atoms with Crippen LogP contribution in [0.15, 0.2) is 0 Å². The minimum absolute atomic E-state index is 0. The lowest BCUT2D eigenvalue weighted by Gasteiger charge is -1.90. The Balaban J connectivity index is -0.000000125. The van der Waals surface area contributed by atoms with E-state index >= 15 is 0 Å². The highest BCUT2D eigenvalue weighted by Gasteiger charge is 1.74. The molecule has 0 aromatic carbocycles. The molecule has 0 aliphatic carbocycles. The first kappa shape index (κ1) is 15.8. The van der Waals surface area contributed by atoms with Crippen molar-refractivity contribution in [3.8, 4) is 0 Å². The maximum atomic E-state index is 4.78. The maximum Gasteiger partial charge on any atom is 0.257 e. The molecule has 0 N–H and O–H groups in total. The lowest BCUT2D eigenvalue weighted by molar-refractivity contribution is 0.339. The van der Waals surface area contributed by atoms with Crippen LogP contribution in [0.2, 0.25) is 0 Å². The van der Waals surface area contributed by atoms with Crippen molar-refractivity contribution in [2.24, 2.45) is 0 Å². The predicted molar refractivity (Wildman–Crippen MR) is 43.9 cm³/mol. The Labute approximate surface area is 64.4 Å². The molecule has 0 heterocycles. The van der Waals surface area contributed by atoms with E-state index in [9.17, 15) is 0 Å². The number of unbranched alkanes of at least 4 members (excludes halogenated alkanes) is 1. The van der Waals surface area contributed by atoms with Gasteiger partial charge in [0.2, 0.25) is 0 Å². The number of hydrogen-bond donors (Lipinski definition) is 0. The number of rotatable bonds is 3. The molecule has 4 heteroatoms. The van der Waals surface area contributed by atoms with Gasteiger partial charge in [-0.1, -0.05) is 13.3 Å². The summed E-state index contributed by atoms with van der Waals surface area (Å²) in [7, 11) is 1.73. The molecular formula is C4H13BCl2O. The van der Waals surface area contributed by atoms with Crippen LogP contribution in [0.3, 0.4) is 0 Å². The van der Waals surface area contributed by atoms with Crippen molar-refractivity contribution in [3.05, 3.63) is 0 Å². The van der Waals surface area contributed by atoms with Gasteiger partial charge in [0.1, 0.15) is 0 Å². The molecule has 0 amide bonds. The van der Waals surface area contributed by atoms with Crippen molar-refractivity contribution in [1.29, 1.82) is 0 Å². The highest BCUT2D eigenvalue weighted by atomic mass is 35.5. The van der Waals surface area contributed by atoms with E-state index in [-0.39, 0.29) is 24.8 Å². The van der Waals surface area contributed by atoms with Gasteiger partial charge in [0.15, 0.2) is 0 Å². The van der Waals surface area contributed by atoms with Crippen LogP contribution in [0, 0.1) is 0 Å². The summed E-state index contributed by atoms with van der Waals surface area (Å²) in [5.74, 6) is 0. The molecule has 0 aromatic heterocycles. The number of halogens is 2. The summed E-state index contributed by atoms with van der Waals surface area (Å²) in [6, 6.07) is 0. The van der Waals surface area contributed by atoms with E-state index in [2.05, 4.69) is 6.92 Å². The number of hydrogen-bond acceptors (Lipinski definition) is 1. The van der Waals surface area contributed by atoms with Gasteiger partial charge in [0, 0.05) is 6.61 Å². The van der Waals surface area contributed by atoms with Crippen LogP contribution in [0.25, 0.3) is 0 Å². The molecule has 0 bridgehead atoms. The molecule has 0 radical (unpaired) electrons. The molecule has 0 saturated carbocycles. The molecule has 8 heavy (non-hydrogen) atoms. The van der Waals surface area contributed by atoms with E-state index in [1.54, 1.807) is 8.05 Å². The summed E-state index contributed by atoms with van der Waals surface area (Å²) in [5, 5.41) is 0. The van der Waals surface area contributed by atoms with Gasteiger partial charge < -0.3 is 4.65 Å². The second-order valence-electron chi connectivity index (χ2n) is 1.35. The molecular weight excluding hydrogens is 146 g/mol. The largest absolute Gasteiger partial charge is 0.444 e. The highest BCUT2D eigenvalue weighted by Crippen LogP contribution is 1.82. The first-order valence-electron chi connectivity index (χ1n) is 2.40. The Morgan fingerprint density at radius 3 is 2.00 bits per heavy atom. The van der Waals surface area contributed by atoms with Crippen LogP contribution in [0.1, 0.15) is 19.8 Å². The van der Waals surface area contributed by atoms with Gasteiger partial charge in [-0.3, -0.25) is 0 Å². The average Bonchev–Trinajstić information content (AvgIpc) is 1.61. The Morgan fingerprint density at radius 1 is 1.38 bits per heavy atom. The summed E-state index contributed by atoms with van der Waals surface area (Å²) in [4.78, 5) is 0. The summed E-state index contributed by atoms with van der Waals surface area (Å²) in [6.45, 7) is 3.07. The zero-order chi connectivity index (χ0) is 4.83. The Hall–Kier alpha value is 0.605. The Morgan fingerprint density at radius 2 is 1.88 bits per heavy atom. The Kier molecular flexibility index (Phi) is 31.0. The van der Waals surface area contributed by atoms with Crippen LogP contribution in [-0.4, -0.2) is 14.7 Å². The van der Waals surface area contributed by atoms with E-state index < -0.39 is 0 Å². The van der Waals surface area contributed by atoms with Crippen LogP contribution >= 0.6 is 24.8 Å². The smallest absolute Gasteiger partial charge is 0.257 e. The van der Waals surface area contributed by atoms with E-state index in [0.29, 0.717) is 0 Å². The van der Waals surface area contributed by atoms with Gasteiger partial charge in [0.05, 0.1) is 0 Å². The zero-order valence-corrected chi connectivity index (χ0v) is 6.98. The molecule has 0 aromatic rings. The lowest BCUT2D eigenvalue weighted by atomic mass is 10.3. The molecule has 0 fully saturated rings. The van der Waals surface area contributed by atoms with Gasteiger partial charge in [0.25, 0.3) is 8.05 Å². The second-order valence-corrected chi connectivity index (χ2v) is 1.35. The normalized spacial score (nSPS) is 6.62. The summed E-state index contributed by atoms with van der Waals surface area (Å²) in [5.41, 5.74) is 0. The first-order valence-corrected chi connectivity index (χ1v) is 2.40. The van der Waals surface area contributed by atoms with Crippen molar-refractivity contribution >= 4 is 32.9 Å². The fraction of sp³-hybridized carbons (Fsp3) is 1.00. The molecule has 0 aliphatic rings. The SMILES string of the molecule is BOCCCC.Cl.Cl. The standard InChI is InChI=1S/C4H11BO.2ClH/c1-2-3-4-6-5;;/h2-5H2,1H3;2*1H. The fourth-order valence-electron chi connectivity index (χ4n) is 0.289. The third-order valence-corrected chi connectivity index (χ3v) is 0.702. The third kappa shape index (κ3) is 16.0. The van der Waals surface area contributed by atoms with Crippen LogP contribution in [0.5, 0.6) is 0 Å². The predicted octanol–water partition coefficient (Wildman–Crippen LogP) is 1.19. The van der Waals surface area contributed by atoms with Crippen molar-refractivity contribution in [2.75, 3.05) is 6.61 Å². The van der Waals surface area contributed by atoms with Crippen molar-refractivity contribution in [3.63, 3.8) is 0 Å². The van der Waals surface area contributed by atoms with Crippen LogP contribution < -0.4 is 0 Å². The topological polar surface area (TPSA) is 9.23 Å². The summed E-state index contributed by atoms with van der Waals surface area (Å²) in [6.07, 6.45) is 2.42. The quantitative estimate of drug-likeness (QED) is 0.443. The van der Waals surface area contributed by atoms with Crippen LogP contribution in [0.4, 0.5) is 0 Å². The monoisotopic (exact) mass is 158 g/mol. The van der Waals surface area contributed by atoms with Gasteiger partial charge >= 0.3 is 0 Å². The lowest BCUT2D eigenvalue weighted by Crippen LogP contribution is -1.85. The van der Waals surface area contributed by atoms with Gasteiger partial charge in [-0.25, -0.2) is 0 Å². The Bertz CT molecular complexity index is 26.0. The highest BCUT2D eigenvalue weighted by molar-refractivity contribution is 5.97. The second kappa shape index (κ2) is 15.6. The molecule has 0 rings (SSSR count). The fourth-order valence-corrected chi connectivity index (χ4v) is 0.289. The molecule has 0 atom stereocenters. The van der Waals surface area contributed by atoms with E-state index in [1.165, 1.54) is 12.8 Å². The molecule has 0 unspecified atom stereocenters. The van der Waals surface area contributed by atoms with E-state index in [1.807, 2.05) is 0 Å². The van der Waals surface area contributed by atoms with Gasteiger partial charge in [-0.2, -0.15) is 0 Å².